The lowest BCUT2D eigenvalue weighted by Crippen LogP contribution is -2.13. The normalized spacial score (nSPS) is 14.7. The Morgan fingerprint density at radius 3 is 2.62 bits per heavy atom. The first-order chi connectivity index (χ1) is 5.95. The standard InChI is InChI=1S/C7H13FO4S/c1-3-11-6-7(2)12-4-5-13(8,9)10/h4-5,7H,3,6H2,1-2H3. The maximum atomic E-state index is 11.9. The largest absolute Gasteiger partial charge is 0.495 e. The summed E-state index contributed by atoms with van der Waals surface area (Å²) in [6.45, 7) is 4.41. The molecule has 0 bridgehead atoms. The molecule has 0 spiro atoms. The summed E-state index contributed by atoms with van der Waals surface area (Å²) in [6.07, 6.45) is 0.511. The second-order valence-corrected chi connectivity index (χ2v) is 3.58. The molecular weight excluding hydrogens is 199 g/mol. The molecule has 0 amide bonds. The quantitative estimate of drug-likeness (QED) is 0.490. The van der Waals surface area contributed by atoms with Gasteiger partial charge in [-0.25, -0.2) is 0 Å². The van der Waals surface area contributed by atoms with Crippen molar-refractivity contribution in [3.8, 4) is 0 Å². The first kappa shape index (κ1) is 12.4. The monoisotopic (exact) mass is 212 g/mol. The van der Waals surface area contributed by atoms with Gasteiger partial charge in [0.1, 0.15) is 6.10 Å². The number of hydrogen-bond donors (Lipinski definition) is 0. The van der Waals surface area contributed by atoms with Crippen LogP contribution in [0.3, 0.4) is 0 Å². The molecular formula is C7H13FO4S. The van der Waals surface area contributed by atoms with E-state index in [-0.39, 0.29) is 6.10 Å². The number of ether oxygens (including phenoxy) is 2. The average molecular weight is 212 g/mol. The van der Waals surface area contributed by atoms with Crippen molar-refractivity contribution in [3.63, 3.8) is 0 Å². The van der Waals surface area contributed by atoms with Crippen molar-refractivity contribution < 1.29 is 21.8 Å². The van der Waals surface area contributed by atoms with Crippen LogP contribution in [-0.2, 0) is 19.7 Å². The second-order valence-electron chi connectivity index (χ2n) is 2.35. The minimum Gasteiger partial charge on any atom is -0.495 e. The molecule has 78 valence electrons. The topological polar surface area (TPSA) is 52.6 Å². The molecule has 0 aromatic carbocycles. The Bertz CT molecular complexity index is 247. The highest BCUT2D eigenvalue weighted by Crippen LogP contribution is 1.97. The first-order valence-corrected chi connectivity index (χ1v) is 5.24. The Hall–Kier alpha value is -0.620. The van der Waals surface area contributed by atoms with Gasteiger partial charge in [-0.15, -0.1) is 3.89 Å². The summed E-state index contributed by atoms with van der Waals surface area (Å²) >= 11 is 0. The minimum absolute atomic E-state index is 0.294. The Morgan fingerprint density at radius 1 is 1.54 bits per heavy atom. The van der Waals surface area contributed by atoms with Crippen LogP contribution in [0.1, 0.15) is 13.8 Å². The van der Waals surface area contributed by atoms with Gasteiger partial charge in [0.15, 0.2) is 0 Å². The highest BCUT2D eigenvalue weighted by Gasteiger charge is 2.01. The van der Waals surface area contributed by atoms with E-state index in [1.165, 1.54) is 0 Å². The van der Waals surface area contributed by atoms with E-state index >= 15 is 0 Å². The van der Waals surface area contributed by atoms with Gasteiger partial charge in [-0.05, 0) is 13.8 Å². The summed E-state index contributed by atoms with van der Waals surface area (Å²) in [5.74, 6) is 0. The smallest absolute Gasteiger partial charge is 0.328 e. The van der Waals surface area contributed by atoms with Crippen LogP contribution in [0.15, 0.2) is 11.7 Å². The maximum absolute atomic E-state index is 11.9. The van der Waals surface area contributed by atoms with Crippen LogP contribution < -0.4 is 0 Å². The Kier molecular flexibility index (Phi) is 5.65. The summed E-state index contributed by atoms with van der Waals surface area (Å²) in [7, 11) is -4.59. The fourth-order valence-electron chi connectivity index (χ4n) is 0.556. The molecule has 0 aromatic rings. The zero-order valence-electron chi connectivity index (χ0n) is 7.57. The van der Waals surface area contributed by atoms with Gasteiger partial charge in [0.05, 0.1) is 18.3 Å². The van der Waals surface area contributed by atoms with Crippen LogP contribution in [0.5, 0.6) is 0 Å². The fraction of sp³-hybridized carbons (Fsp3) is 0.714. The lowest BCUT2D eigenvalue weighted by atomic mass is 10.4. The molecule has 0 fully saturated rings. The Labute approximate surface area is 77.6 Å². The van der Waals surface area contributed by atoms with E-state index < -0.39 is 10.2 Å². The molecule has 0 heterocycles. The van der Waals surface area contributed by atoms with Gasteiger partial charge < -0.3 is 9.47 Å². The third-order valence-electron chi connectivity index (χ3n) is 1.09. The predicted molar refractivity (Wildman–Crippen MR) is 46.2 cm³/mol. The van der Waals surface area contributed by atoms with Gasteiger partial charge in [-0.3, -0.25) is 0 Å². The SMILES string of the molecule is CCOCC(C)OC=CS(=O)(=O)F. The van der Waals surface area contributed by atoms with E-state index in [1.807, 2.05) is 6.92 Å². The summed E-state index contributed by atoms with van der Waals surface area (Å²) in [5, 5.41) is 0.357. The van der Waals surface area contributed by atoms with Crippen molar-refractivity contribution in [2.75, 3.05) is 13.2 Å². The zero-order valence-corrected chi connectivity index (χ0v) is 8.38. The second kappa shape index (κ2) is 5.93. The van der Waals surface area contributed by atoms with Crippen molar-refractivity contribution in [2.45, 2.75) is 20.0 Å². The molecule has 0 aliphatic heterocycles. The Balaban J connectivity index is 3.70. The van der Waals surface area contributed by atoms with Crippen molar-refractivity contribution in [1.29, 1.82) is 0 Å². The number of rotatable bonds is 6. The molecule has 1 unspecified atom stereocenters. The highest BCUT2D eigenvalue weighted by molar-refractivity contribution is 7.89. The van der Waals surface area contributed by atoms with E-state index in [1.54, 1.807) is 6.92 Å². The molecule has 0 aliphatic carbocycles. The first-order valence-electron chi connectivity index (χ1n) is 3.80. The predicted octanol–water partition coefficient (Wildman–Crippen LogP) is 1.20. The number of hydrogen-bond acceptors (Lipinski definition) is 4. The summed E-state index contributed by atoms with van der Waals surface area (Å²) in [5.41, 5.74) is 0. The van der Waals surface area contributed by atoms with Crippen LogP contribution in [0.25, 0.3) is 0 Å². The van der Waals surface area contributed by atoms with Crippen molar-refractivity contribution in [3.05, 3.63) is 11.7 Å². The lowest BCUT2D eigenvalue weighted by Gasteiger charge is -2.09. The highest BCUT2D eigenvalue weighted by atomic mass is 32.3. The van der Waals surface area contributed by atoms with Crippen LogP contribution in [0.4, 0.5) is 3.89 Å². The summed E-state index contributed by atoms with van der Waals surface area (Å²) in [4.78, 5) is 0. The molecule has 0 saturated carbocycles. The van der Waals surface area contributed by atoms with Crippen molar-refractivity contribution in [2.24, 2.45) is 0 Å². The van der Waals surface area contributed by atoms with E-state index in [9.17, 15) is 12.3 Å². The Morgan fingerprint density at radius 2 is 2.15 bits per heavy atom. The van der Waals surface area contributed by atoms with Gasteiger partial charge in [0, 0.05) is 6.61 Å². The summed E-state index contributed by atoms with van der Waals surface area (Å²) in [6, 6.07) is 0. The van der Waals surface area contributed by atoms with Gasteiger partial charge in [0.25, 0.3) is 0 Å². The van der Waals surface area contributed by atoms with Crippen molar-refractivity contribution >= 4 is 10.2 Å². The van der Waals surface area contributed by atoms with E-state index in [2.05, 4.69) is 0 Å². The van der Waals surface area contributed by atoms with E-state index in [4.69, 9.17) is 9.47 Å². The molecule has 13 heavy (non-hydrogen) atoms. The summed E-state index contributed by atoms with van der Waals surface area (Å²) < 4.78 is 41.6. The fourth-order valence-corrected chi connectivity index (χ4v) is 0.753. The molecule has 0 radical (unpaired) electrons. The third kappa shape index (κ3) is 9.29. The molecule has 0 N–H and O–H groups in total. The molecule has 4 nitrogen and oxygen atoms in total. The van der Waals surface area contributed by atoms with Crippen LogP contribution in [-0.4, -0.2) is 27.7 Å². The van der Waals surface area contributed by atoms with Gasteiger partial charge >= 0.3 is 10.2 Å². The van der Waals surface area contributed by atoms with Gasteiger partial charge in [-0.2, -0.15) is 8.42 Å². The molecule has 0 aromatic heterocycles. The molecule has 0 saturated heterocycles. The van der Waals surface area contributed by atoms with E-state index in [0.29, 0.717) is 18.6 Å². The number of halogens is 1. The molecule has 6 heteroatoms. The molecule has 1 atom stereocenters. The third-order valence-corrected chi connectivity index (χ3v) is 1.52. The lowest BCUT2D eigenvalue weighted by molar-refractivity contribution is 0.0426. The van der Waals surface area contributed by atoms with Gasteiger partial charge in [-0.1, -0.05) is 0 Å². The molecule has 0 aliphatic rings. The van der Waals surface area contributed by atoms with Crippen LogP contribution >= 0.6 is 0 Å². The van der Waals surface area contributed by atoms with Crippen LogP contribution in [0, 0.1) is 0 Å². The average Bonchev–Trinajstić information content (AvgIpc) is 1.98. The maximum Gasteiger partial charge on any atom is 0.328 e. The van der Waals surface area contributed by atoms with Crippen LogP contribution in [0.2, 0.25) is 0 Å². The zero-order chi connectivity index (χ0) is 10.3. The molecule has 0 rings (SSSR count). The van der Waals surface area contributed by atoms with Gasteiger partial charge in [0.2, 0.25) is 0 Å². The minimum atomic E-state index is -4.59. The van der Waals surface area contributed by atoms with Crippen molar-refractivity contribution in [1.82, 2.24) is 0 Å². The van der Waals surface area contributed by atoms with E-state index in [0.717, 1.165) is 6.26 Å².